The first-order valence-electron chi connectivity index (χ1n) is 12.1. The van der Waals surface area contributed by atoms with Gasteiger partial charge in [0.05, 0.1) is 35.0 Å². The maximum atomic E-state index is 13.4. The van der Waals surface area contributed by atoms with E-state index in [0.29, 0.717) is 30.7 Å². The Bertz CT molecular complexity index is 1160. The van der Waals surface area contributed by atoms with Crippen molar-refractivity contribution in [2.24, 2.45) is 0 Å². The van der Waals surface area contributed by atoms with Gasteiger partial charge in [0.25, 0.3) is 5.91 Å². The zero-order valence-corrected chi connectivity index (χ0v) is 20.3. The second-order valence-corrected chi connectivity index (χ2v) is 9.13. The van der Waals surface area contributed by atoms with Crippen LogP contribution in [0.3, 0.4) is 0 Å². The van der Waals surface area contributed by atoms with Crippen LogP contribution in [0.25, 0.3) is 11.0 Å². The molecule has 0 bridgehead atoms. The van der Waals surface area contributed by atoms with Crippen molar-refractivity contribution in [1.82, 2.24) is 20.1 Å². The molecule has 1 atom stereocenters. The summed E-state index contributed by atoms with van der Waals surface area (Å²) in [5.74, 6) is 0.897. The molecule has 2 aromatic heterocycles. The van der Waals surface area contributed by atoms with Gasteiger partial charge in [-0.2, -0.15) is 5.10 Å². The van der Waals surface area contributed by atoms with Crippen LogP contribution >= 0.6 is 0 Å². The highest BCUT2D eigenvalue weighted by molar-refractivity contribution is 6.06. The largest absolute Gasteiger partial charge is 0.491 e. The zero-order valence-electron chi connectivity index (χ0n) is 20.3. The quantitative estimate of drug-likeness (QED) is 0.504. The topological polar surface area (TPSA) is 98.1 Å². The van der Waals surface area contributed by atoms with Crippen molar-refractivity contribution in [1.29, 1.82) is 0 Å². The number of hydrogen-bond acceptors (Lipinski definition) is 6. The number of rotatable bonds is 8. The van der Waals surface area contributed by atoms with Crippen LogP contribution in [-0.2, 0) is 11.3 Å². The predicted octanol–water partition coefficient (Wildman–Crippen LogP) is 4.65. The molecule has 0 radical (unpaired) electrons. The van der Waals surface area contributed by atoms with Crippen molar-refractivity contribution in [3.05, 3.63) is 47.8 Å². The Morgan fingerprint density at radius 2 is 1.85 bits per heavy atom. The molecule has 1 aromatic carbocycles. The van der Waals surface area contributed by atoms with Crippen LogP contribution in [0.15, 0.2) is 36.7 Å². The molecule has 3 aromatic rings. The Hall–Kier alpha value is -3.42. The maximum Gasteiger partial charge on any atom is 0.255 e. The standard InChI is InChI=1S/C26H33N5O3/c1-5-31-25-22(15-28-31)24(30-19-8-10-20(32)11-9-19)23(14-27-25)26(33)29-17(4)18-6-12-21(13-7-18)34-16(2)3/h6-7,12-17,19H,5,8-11H2,1-4H3,(H,27,30)(H,29,33). The van der Waals surface area contributed by atoms with Crippen LogP contribution in [0.5, 0.6) is 5.75 Å². The first-order valence-corrected chi connectivity index (χ1v) is 12.1. The van der Waals surface area contributed by atoms with Gasteiger partial charge in [0, 0.05) is 31.6 Å². The van der Waals surface area contributed by atoms with E-state index in [9.17, 15) is 9.59 Å². The third kappa shape index (κ3) is 5.21. The number of benzene rings is 1. The van der Waals surface area contributed by atoms with E-state index in [2.05, 4.69) is 20.7 Å². The van der Waals surface area contributed by atoms with Crippen molar-refractivity contribution in [2.75, 3.05) is 5.32 Å². The van der Waals surface area contributed by atoms with Crippen LogP contribution in [0, 0.1) is 0 Å². The molecular weight excluding hydrogens is 430 g/mol. The van der Waals surface area contributed by atoms with Crippen molar-refractivity contribution in [2.45, 2.75) is 78.1 Å². The van der Waals surface area contributed by atoms with E-state index >= 15 is 0 Å². The molecule has 1 saturated carbocycles. The zero-order chi connectivity index (χ0) is 24.2. The van der Waals surface area contributed by atoms with Crippen LogP contribution < -0.4 is 15.4 Å². The average Bonchev–Trinajstić information content (AvgIpc) is 3.24. The predicted molar refractivity (Wildman–Crippen MR) is 132 cm³/mol. The van der Waals surface area contributed by atoms with E-state index in [4.69, 9.17) is 4.74 Å². The number of amides is 1. The number of hydrogen-bond donors (Lipinski definition) is 2. The van der Waals surface area contributed by atoms with E-state index in [1.54, 1.807) is 12.4 Å². The first-order chi connectivity index (χ1) is 16.4. The van der Waals surface area contributed by atoms with E-state index in [1.165, 1.54) is 0 Å². The molecule has 0 saturated heterocycles. The van der Waals surface area contributed by atoms with Gasteiger partial charge in [-0.05, 0) is 58.2 Å². The highest BCUT2D eigenvalue weighted by Gasteiger charge is 2.24. The second-order valence-electron chi connectivity index (χ2n) is 9.13. The van der Waals surface area contributed by atoms with Crippen LogP contribution in [0.4, 0.5) is 5.69 Å². The average molecular weight is 464 g/mol. The van der Waals surface area contributed by atoms with Crippen molar-refractivity contribution in [3.63, 3.8) is 0 Å². The number of carbonyl (C=O) groups is 2. The first kappa shape index (κ1) is 23.7. The number of carbonyl (C=O) groups excluding carboxylic acids is 2. The fourth-order valence-electron chi connectivity index (χ4n) is 4.34. The van der Waals surface area contributed by atoms with E-state index < -0.39 is 0 Å². The lowest BCUT2D eigenvalue weighted by atomic mass is 9.94. The molecule has 1 aliphatic carbocycles. The monoisotopic (exact) mass is 463 g/mol. The molecule has 1 aliphatic rings. The Morgan fingerprint density at radius 1 is 1.15 bits per heavy atom. The summed E-state index contributed by atoms with van der Waals surface area (Å²) in [5.41, 5.74) is 2.93. The Kier molecular flexibility index (Phi) is 7.14. The summed E-state index contributed by atoms with van der Waals surface area (Å²) in [7, 11) is 0. The molecule has 1 unspecified atom stereocenters. The second kappa shape index (κ2) is 10.2. The third-order valence-corrected chi connectivity index (χ3v) is 6.20. The van der Waals surface area contributed by atoms with Gasteiger partial charge in [0.15, 0.2) is 5.65 Å². The molecule has 34 heavy (non-hydrogen) atoms. The Balaban J connectivity index is 1.58. The minimum atomic E-state index is -0.206. The van der Waals surface area contributed by atoms with Gasteiger partial charge in [0.2, 0.25) is 0 Å². The minimum absolute atomic E-state index is 0.107. The number of ether oxygens (including phenoxy) is 1. The summed E-state index contributed by atoms with van der Waals surface area (Å²) in [4.78, 5) is 29.6. The lowest BCUT2D eigenvalue weighted by molar-refractivity contribution is -0.120. The van der Waals surface area contributed by atoms with Gasteiger partial charge in [-0.3, -0.25) is 9.59 Å². The normalized spacial score (nSPS) is 15.5. The van der Waals surface area contributed by atoms with Crippen molar-refractivity contribution >= 4 is 28.4 Å². The van der Waals surface area contributed by atoms with Gasteiger partial charge < -0.3 is 15.4 Å². The molecule has 180 valence electrons. The summed E-state index contributed by atoms with van der Waals surface area (Å²) in [6, 6.07) is 7.70. The minimum Gasteiger partial charge on any atom is -0.491 e. The van der Waals surface area contributed by atoms with Crippen LogP contribution in [-0.4, -0.2) is 38.6 Å². The summed E-state index contributed by atoms with van der Waals surface area (Å²) in [6.07, 6.45) is 6.13. The molecule has 8 heteroatoms. The van der Waals surface area contributed by atoms with E-state index in [1.807, 2.05) is 56.6 Å². The summed E-state index contributed by atoms with van der Waals surface area (Å²) in [6.45, 7) is 8.63. The molecule has 8 nitrogen and oxygen atoms in total. The number of Topliss-reactive ketones (excluding diaryl/α,β-unsaturated/α-hetero) is 1. The highest BCUT2D eigenvalue weighted by Crippen LogP contribution is 2.30. The van der Waals surface area contributed by atoms with Crippen LogP contribution in [0.1, 0.15) is 75.3 Å². The fourth-order valence-corrected chi connectivity index (χ4v) is 4.34. The molecule has 1 amide bonds. The number of anilines is 1. The number of nitrogens with zero attached hydrogens (tertiary/aromatic N) is 3. The molecule has 1 fully saturated rings. The highest BCUT2D eigenvalue weighted by atomic mass is 16.5. The van der Waals surface area contributed by atoms with Crippen LogP contribution in [0.2, 0.25) is 0 Å². The number of nitrogens with one attached hydrogen (secondary N) is 2. The molecule has 2 heterocycles. The van der Waals surface area contributed by atoms with Gasteiger partial charge >= 0.3 is 0 Å². The summed E-state index contributed by atoms with van der Waals surface area (Å²) >= 11 is 0. The van der Waals surface area contributed by atoms with Crippen molar-refractivity contribution in [3.8, 4) is 5.75 Å². The number of fused-ring (bicyclic) bond motifs is 1. The Labute approximate surface area is 200 Å². The Morgan fingerprint density at radius 3 is 2.50 bits per heavy atom. The number of pyridine rings is 1. The maximum absolute atomic E-state index is 13.4. The smallest absolute Gasteiger partial charge is 0.255 e. The van der Waals surface area contributed by atoms with Gasteiger partial charge in [-0.25, -0.2) is 9.67 Å². The fraction of sp³-hybridized carbons (Fsp3) is 0.462. The molecule has 4 rings (SSSR count). The van der Waals surface area contributed by atoms with Gasteiger partial charge in [-0.15, -0.1) is 0 Å². The van der Waals surface area contributed by atoms with E-state index in [-0.39, 0.29) is 24.1 Å². The lowest BCUT2D eigenvalue weighted by Gasteiger charge is -2.25. The number of aromatic nitrogens is 3. The SMILES string of the molecule is CCn1ncc2c(NC3CCC(=O)CC3)c(C(=O)NC(C)c3ccc(OC(C)C)cc3)cnc21. The lowest BCUT2D eigenvalue weighted by Crippen LogP contribution is -2.30. The molecular formula is C26H33N5O3. The van der Waals surface area contributed by atoms with Gasteiger partial charge in [0.1, 0.15) is 11.5 Å². The number of ketones is 1. The third-order valence-electron chi connectivity index (χ3n) is 6.20. The molecule has 0 spiro atoms. The van der Waals surface area contributed by atoms with Crippen molar-refractivity contribution < 1.29 is 14.3 Å². The van der Waals surface area contributed by atoms with E-state index in [0.717, 1.165) is 40.9 Å². The van der Waals surface area contributed by atoms with Gasteiger partial charge in [-0.1, -0.05) is 12.1 Å². The summed E-state index contributed by atoms with van der Waals surface area (Å²) in [5, 5.41) is 11.9. The molecule has 0 aliphatic heterocycles. The summed E-state index contributed by atoms with van der Waals surface area (Å²) < 4.78 is 7.53. The molecule has 2 N–H and O–H groups in total. The number of aryl methyl sites for hydroxylation is 1.